The highest BCUT2D eigenvalue weighted by molar-refractivity contribution is 5.80. The third-order valence-corrected chi connectivity index (χ3v) is 6.29. The fraction of sp³-hybridized carbons (Fsp3) is 0.500. The van der Waals surface area contributed by atoms with Crippen molar-refractivity contribution >= 4 is 11.8 Å². The summed E-state index contributed by atoms with van der Waals surface area (Å²) in [5.41, 5.74) is 3.05. The van der Waals surface area contributed by atoms with Gasteiger partial charge in [0.2, 0.25) is 0 Å². The summed E-state index contributed by atoms with van der Waals surface area (Å²) in [6.07, 6.45) is 7.91. The van der Waals surface area contributed by atoms with Crippen molar-refractivity contribution < 1.29 is 0 Å². The first kappa shape index (κ1) is 19.7. The van der Waals surface area contributed by atoms with E-state index in [1.165, 1.54) is 24.0 Å². The Kier molecular flexibility index (Phi) is 6.02. The molecule has 1 saturated carbocycles. The number of guanidine groups is 1. The largest absolute Gasteiger partial charge is 0.356 e. The number of hydrogen-bond acceptors (Lipinski definition) is 3. The maximum absolute atomic E-state index is 4.57. The monoisotopic (exact) mass is 391 g/mol. The molecule has 1 aliphatic carbocycles. The van der Waals surface area contributed by atoms with Crippen LogP contribution >= 0.6 is 0 Å². The molecule has 2 N–H and O–H groups in total. The summed E-state index contributed by atoms with van der Waals surface area (Å²) in [7, 11) is 1.87. The Bertz CT molecular complexity index is 803. The van der Waals surface area contributed by atoms with E-state index in [4.69, 9.17) is 0 Å². The van der Waals surface area contributed by atoms with E-state index in [1.807, 2.05) is 13.2 Å². The van der Waals surface area contributed by atoms with Crippen LogP contribution < -0.4 is 15.5 Å². The molecule has 0 bridgehead atoms. The number of aromatic nitrogens is 1. The number of pyridine rings is 1. The molecule has 2 aliphatic rings. The van der Waals surface area contributed by atoms with Crippen molar-refractivity contribution in [3.63, 3.8) is 0 Å². The van der Waals surface area contributed by atoms with Gasteiger partial charge in [0.15, 0.2) is 5.96 Å². The van der Waals surface area contributed by atoms with Crippen LogP contribution in [0.15, 0.2) is 53.7 Å². The number of aryl methyl sites for hydroxylation is 1. The number of nitrogens with one attached hydrogen (secondary N) is 2. The van der Waals surface area contributed by atoms with Gasteiger partial charge in [0, 0.05) is 38.9 Å². The average molecular weight is 392 g/mol. The van der Waals surface area contributed by atoms with E-state index in [1.54, 1.807) is 0 Å². The highest BCUT2D eigenvalue weighted by atomic mass is 15.2. The summed E-state index contributed by atoms with van der Waals surface area (Å²) >= 11 is 0. The number of aliphatic imine (C=N–C) groups is 1. The van der Waals surface area contributed by atoms with Gasteiger partial charge in [0.05, 0.1) is 0 Å². The summed E-state index contributed by atoms with van der Waals surface area (Å²) in [4.78, 5) is 11.4. The van der Waals surface area contributed by atoms with Crippen LogP contribution in [0.1, 0.15) is 36.8 Å². The van der Waals surface area contributed by atoms with Crippen LogP contribution in [0.25, 0.3) is 0 Å². The smallest absolute Gasteiger partial charge is 0.191 e. The summed E-state index contributed by atoms with van der Waals surface area (Å²) in [6.45, 7) is 5.14. The molecule has 0 atom stereocenters. The molecule has 1 aromatic heterocycles. The molecule has 0 unspecified atom stereocenters. The lowest BCUT2D eigenvalue weighted by Gasteiger charge is -2.34. The van der Waals surface area contributed by atoms with E-state index in [-0.39, 0.29) is 0 Å². The second-order valence-corrected chi connectivity index (χ2v) is 8.69. The van der Waals surface area contributed by atoms with Crippen molar-refractivity contribution in [3.05, 3.63) is 59.8 Å². The van der Waals surface area contributed by atoms with Gasteiger partial charge >= 0.3 is 0 Å². The summed E-state index contributed by atoms with van der Waals surface area (Å²) in [5, 5.41) is 7.24. The molecule has 0 spiro atoms. The molecule has 5 heteroatoms. The average Bonchev–Trinajstić information content (AvgIpc) is 3.52. The third-order valence-electron chi connectivity index (χ3n) is 6.29. The Hall–Kier alpha value is -2.56. The lowest BCUT2D eigenvalue weighted by molar-refractivity contribution is 0.449. The van der Waals surface area contributed by atoms with Gasteiger partial charge in [-0.1, -0.05) is 36.4 Å². The molecule has 2 fully saturated rings. The van der Waals surface area contributed by atoms with Gasteiger partial charge in [-0.25, -0.2) is 4.98 Å². The molecule has 5 nitrogen and oxygen atoms in total. The second-order valence-electron chi connectivity index (χ2n) is 8.69. The van der Waals surface area contributed by atoms with Gasteiger partial charge < -0.3 is 15.5 Å². The predicted molar refractivity (Wildman–Crippen MR) is 121 cm³/mol. The van der Waals surface area contributed by atoms with Crippen molar-refractivity contribution in [1.29, 1.82) is 0 Å². The zero-order chi connectivity index (χ0) is 20.1. The maximum Gasteiger partial charge on any atom is 0.191 e. The van der Waals surface area contributed by atoms with Crippen LogP contribution in [0, 0.1) is 12.3 Å². The Morgan fingerprint density at radius 2 is 1.90 bits per heavy atom. The molecule has 154 valence electrons. The topological polar surface area (TPSA) is 52.6 Å². The zero-order valence-corrected chi connectivity index (χ0v) is 17.7. The van der Waals surface area contributed by atoms with Crippen LogP contribution in [-0.4, -0.2) is 43.7 Å². The zero-order valence-electron chi connectivity index (χ0n) is 17.7. The molecule has 1 saturated heterocycles. The number of benzene rings is 1. The molecule has 1 aromatic carbocycles. The van der Waals surface area contributed by atoms with E-state index in [2.05, 4.69) is 74.9 Å². The van der Waals surface area contributed by atoms with Crippen molar-refractivity contribution in [2.75, 3.05) is 31.6 Å². The normalized spacial score (nSPS) is 19.1. The third kappa shape index (κ3) is 5.28. The van der Waals surface area contributed by atoms with Crippen molar-refractivity contribution in [2.24, 2.45) is 10.4 Å². The van der Waals surface area contributed by atoms with E-state index in [0.717, 1.165) is 50.7 Å². The lowest BCUT2D eigenvalue weighted by atomic mass is 9.96. The maximum atomic E-state index is 4.57. The molecule has 29 heavy (non-hydrogen) atoms. The minimum Gasteiger partial charge on any atom is -0.356 e. The first-order valence-corrected chi connectivity index (χ1v) is 10.8. The number of hydrogen-bond donors (Lipinski definition) is 2. The standard InChI is InChI=1S/C24H33N5/c1-19-8-9-22(26-17-19)29-14-10-21(11-15-29)28-23(25-2)27-18-24(12-13-24)16-20-6-4-3-5-7-20/h3-9,17,21H,10-16,18H2,1-2H3,(H2,25,27,28). The van der Waals surface area contributed by atoms with E-state index in [9.17, 15) is 0 Å². The SMILES string of the molecule is CN=C(NCC1(Cc2ccccc2)CC1)NC1CCN(c2ccc(C)cn2)CC1. The predicted octanol–water partition coefficient (Wildman–Crippen LogP) is 3.55. The number of piperidine rings is 1. The van der Waals surface area contributed by atoms with E-state index in [0.29, 0.717) is 11.5 Å². The molecule has 0 radical (unpaired) electrons. The van der Waals surface area contributed by atoms with Crippen LogP contribution in [0.5, 0.6) is 0 Å². The van der Waals surface area contributed by atoms with Gasteiger partial charge in [0.25, 0.3) is 0 Å². The molecule has 1 aliphatic heterocycles. The summed E-state index contributed by atoms with van der Waals surface area (Å²) < 4.78 is 0. The van der Waals surface area contributed by atoms with Gasteiger partial charge in [-0.3, -0.25) is 4.99 Å². The van der Waals surface area contributed by atoms with Crippen molar-refractivity contribution in [2.45, 2.75) is 45.1 Å². The summed E-state index contributed by atoms with van der Waals surface area (Å²) in [6, 6.07) is 15.6. The Labute approximate surface area is 174 Å². The molecule has 2 aromatic rings. The van der Waals surface area contributed by atoms with Crippen molar-refractivity contribution in [3.8, 4) is 0 Å². The first-order chi connectivity index (χ1) is 14.2. The molecule has 0 amide bonds. The fourth-order valence-corrected chi connectivity index (χ4v) is 4.18. The Morgan fingerprint density at radius 3 is 2.52 bits per heavy atom. The summed E-state index contributed by atoms with van der Waals surface area (Å²) in [5.74, 6) is 2.03. The van der Waals surface area contributed by atoms with Crippen molar-refractivity contribution in [1.82, 2.24) is 15.6 Å². The highest BCUT2D eigenvalue weighted by Gasteiger charge is 2.42. The molecule has 4 rings (SSSR count). The van der Waals surface area contributed by atoms with Crippen LogP contribution in [0.4, 0.5) is 5.82 Å². The van der Waals surface area contributed by atoms with Gasteiger partial charge in [-0.05, 0) is 61.6 Å². The number of anilines is 1. The van der Waals surface area contributed by atoms with Gasteiger partial charge in [-0.2, -0.15) is 0 Å². The van der Waals surface area contributed by atoms with Gasteiger partial charge in [-0.15, -0.1) is 0 Å². The molecular formula is C24H33N5. The minimum absolute atomic E-state index is 0.402. The highest BCUT2D eigenvalue weighted by Crippen LogP contribution is 2.47. The second kappa shape index (κ2) is 8.85. The fourth-order valence-electron chi connectivity index (χ4n) is 4.18. The van der Waals surface area contributed by atoms with Crippen LogP contribution in [0.2, 0.25) is 0 Å². The number of nitrogens with zero attached hydrogens (tertiary/aromatic N) is 3. The Morgan fingerprint density at radius 1 is 1.14 bits per heavy atom. The first-order valence-electron chi connectivity index (χ1n) is 10.8. The van der Waals surface area contributed by atoms with Crippen LogP contribution in [-0.2, 0) is 6.42 Å². The Balaban J connectivity index is 1.23. The minimum atomic E-state index is 0.402. The van der Waals surface area contributed by atoms with Gasteiger partial charge in [0.1, 0.15) is 5.82 Å². The number of rotatable bonds is 6. The molecular weight excluding hydrogens is 358 g/mol. The van der Waals surface area contributed by atoms with E-state index < -0.39 is 0 Å². The quantitative estimate of drug-likeness (QED) is 0.584. The molecule has 2 heterocycles. The lowest BCUT2D eigenvalue weighted by Crippen LogP contribution is -2.49. The van der Waals surface area contributed by atoms with E-state index >= 15 is 0 Å². The van der Waals surface area contributed by atoms with Crippen LogP contribution in [0.3, 0.4) is 0 Å².